The number of hydrogen-bond donors (Lipinski definition) is 2. The van der Waals surface area contributed by atoms with Crippen molar-refractivity contribution >= 4 is 29.3 Å². The van der Waals surface area contributed by atoms with Crippen molar-refractivity contribution < 1.29 is 4.74 Å². The number of fused-ring (bicyclic) bond motifs is 1. The van der Waals surface area contributed by atoms with Gasteiger partial charge >= 0.3 is 0 Å². The highest BCUT2D eigenvalue weighted by Gasteiger charge is 2.13. The lowest BCUT2D eigenvalue weighted by molar-refractivity contribution is 0.122. The summed E-state index contributed by atoms with van der Waals surface area (Å²) in [5.41, 5.74) is 3.66. The molecule has 1 aromatic carbocycles. The number of anilines is 1. The maximum absolute atomic E-state index is 5.36. The van der Waals surface area contributed by atoms with E-state index >= 15 is 0 Å². The Balaban J connectivity index is 0.00000196. The summed E-state index contributed by atoms with van der Waals surface area (Å²) >= 11 is 0. The van der Waals surface area contributed by atoms with Gasteiger partial charge in [-0.2, -0.15) is 0 Å². The molecule has 1 fully saturated rings. The fourth-order valence-corrected chi connectivity index (χ4v) is 3.16. The van der Waals surface area contributed by atoms with E-state index < -0.39 is 0 Å². The number of nitrogens with zero attached hydrogens (tertiary/aromatic N) is 3. The lowest BCUT2D eigenvalue weighted by Crippen LogP contribution is -2.37. The summed E-state index contributed by atoms with van der Waals surface area (Å²) in [6.07, 6.45) is 6.93. The van der Waals surface area contributed by atoms with Crippen molar-refractivity contribution in [3.63, 3.8) is 0 Å². The zero-order chi connectivity index (χ0) is 16.9. The van der Waals surface area contributed by atoms with Crippen LogP contribution in [0.1, 0.15) is 11.1 Å². The molecule has 2 aromatic heterocycles. The number of hydrogen-bond acceptors (Lipinski definition) is 5. The van der Waals surface area contributed by atoms with Gasteiger partial charge in [-0.15, -0.1) is 12.4 Å². The average Bonchev–Trinajstić information content (AvgIpc) is 3.10. The van der Waals surface area contributed by atoms with Crippen LogP contribution in [0, 0.1) is 0 Å². The van der Waals surface area contributed by atoms with Gasteiger partial charge in [0.25, 0.3) is 0 Å². The largest absolute Gasteiger partial charge is 0.378 e. The van der Waals surface area contributed by atoms with E-state index in [-0.39, 0.29) is 12.4 Å². The molecular weight excluding hydrogens is 350 g/mol. The minimum Gasteiger partial charge on any atom is -0.378 e. The van der Waals surface area contributed by atoms with Crippen LogP contribution in [-0.2, 0) is 17.7 Å². The molecule has 4 rings (SSSR count). The number of ether oxygens (including phenoxy) is 1. The third-order valence-electron chi connectivity index (χ3n) is 4.56. The molecule has 26 heavy (non-hydrogen) atoms. The summed E-state index contributed by atoms with van der Waals surface area (Å²) in [6.45, 7) is 4.93. The summed E-state index contributed by atoms with van der Waals surface area (Å²) in [5.74, 6) is 0.797. The molecule has 1 aliphatic heterocycles. The summed E-state index contributed by atoms with van der Waals surface area (Å²) in [5, 5.41) is 4.78. The van der Waals surface area contributed by atoms with E-state index in [1.54, 1.807) is 0 Å². The van der Waals surface area contributed by atoms with E-state index in [1.165, 1.54) is 16.5 Å². The Morgan fingerprint density at radius 1 is 1.12 bits per heavy atom. The Kier molecular flexibility index (Phi) is 6.44. The molecule has 1 aliphatic rings. The van der Waals surface area contributed by atoms with Gasteiger partial charge in [0.15, 0.2) is 0 Å². The zero-order valence-electron chi connectivity index (χ0n) is 14.6. The zero-order valence-corrected chi connectivity index (χ0v) is 15.5. The second-order valence-corrected chi connectivity index (χ2v) is 6.28. The Labute approximate surface area is 159 Å². The van der Waals surface area contributed by atoms with Gasteiger partial charge in [-0.3, -0.25) is 0 Å². The first-order valence-electron chi connectivity index (χ1n) is 8.79. The number of aromatic amines is 1. The molecule has 0 radical (unpaired) electrons. The van der Waals surface area contributed by atoms with E-state index in [1.807, 2.05) is 12.4 Å². The number of nitrogens with one attached hydrogen (secondary N) is 2. The van der Waals surface area contributed by atoms with Crippen LogP contribution >= 0.6 is 12.4 Å². The van der Waals surface area contributed by atoms with Gasteiger partial charge in [0, 0.05) is 54.7 Å². The van der Waals surface area contributed by atoms with Crippen molar-refractivity contribution in [1.29, 1.82) is 0 Å². The number of morpholine rings is 1. The molecule has 3 heterocycles. The third kappa shape index (κ3) is 4.33. The van der Waals surface area contributed by atoms with Crippen molar-refractivity contribution in [1.82, 2.24) is 20.3 Å². The van der Waals surface area contributed by atoms with Gasteiger partial charge < -0.3 is 19.9 Å². The average molecular weight is 374 g/mol. The number of para-hydroxylation sites is 1. The first-order valence-corrected chi connectivity index (χ1v) is 8.79. The van der Waals surface area contributed by atoms with Crippen LogP contribution in [0.25, 0.3) is 10.9 Å². The molecule has 6 nitrogen and oxygen atoms in total. The van der Waals surface area contributed by atoms with E-state index in [2.05, 4.69) is 55.6 Å². The highest BCUT2D eigenvalue weighted by atomic mass is 35.5. The van der Waals surface area contributed by atoms with E-state index in [4.69, 9.17) is 4.74 Å². The van der Waals surface area contributed by atoms with Gasteiger partial charge in [0.1, 0.15) is 0 Å². The summed E-state index contributed by atoms with van der Waals surface area (Å²) in [4.78, 5) is 14.5. The smallest absolute Gasteiger partial charge is 0.225 e. The molecule has 1 saturated heterocycles. The molecule has 0 amide bonds. The standard InChI is InChI=1S/C19H23N5O.ClH/c1-2-4-18-17(3-1)16(14-21-18)5-6-20-11-15-12-22-19(23-13-15)24-7-9-25-10-8-24;/h1-4,12-14,20-21H,5-11H2;1H. The molecule has 2 N–H and O–H groups in total. The molecule has 7 heteroatoms. The first kappa shape index (κ1) is 18.6. The topological polar surface area (TPSA) is 66.1 Å². The fraction of sp³-hybridized carbons (Fsp3) is 0.368. The third-order valence-corrected chi connectivity index (χ3v) is 4.56. The van der Waals surface area contributed by atoms with Gasteiger partial charge in [0.2, 0.25) is 5.95 Å². The Hall–Kier alpha value is -2.15. The fourth-order valence-electron chi connectivity index (χ4n) is 3.16. The summed E-state index contributed by atoms with van der Waals surface area (Å²) in [7, 11) is 0. The minimum atomic E-state index is 0. The van der Waals surface area contributed by atoms with Crippen molar-refractivity contribution in [3.8, 4) is 0 Å². The molecule has 0 aliphatic carbocycles. The maximum atomic E-state index is 5.36. The lowest BCUT2D eigenvalue weighted by Gasteiger charge is -2.26. The highest BCUT2D eigenvalue weighted by Crippen LogP contribution is 2.17. The van der Waals surface area contributed by atoms with Crippen molar-refractivity contribution in [3.05, 3.63) is 54.0 Å². The molecule has 138 valence electrons. The van der Waals surface area contributed by atoms with Gasteiger partial charge in [0.05, 0.1) is 13.2 Å². The number of H-pyrrole nitrogens is 1. The van der Waals surface area contributed by atoms with Crippen LogP contribution in [0.4, 0.5) is 5.95 Å². The Morgan fingerprint density at radius 3 is 2.69 bits per heavy atom. The number of rotatable bonds is 6. The molecule has 0 spiro atoms. The van der Waals surface area contributed by atoms with Crippen molar-refractivity contribution in [2.45, 2.75) is 13.0 Å². The number of benzene rings is 1. The van der Waals surface area contributed by atoms with Crippen LogP contribution < -0.4 is 10.2 Å². The Bertz CT molecular complexity index is 814. The van der Waals surface area contributed by atoms with Crippen LogP contribution in [0.3, 0.4) is 0 Å². The molecular formula is C19H24ClN5O. The number of halogens is 1. The molecule has 0 bridgehead atoms. The van der Waals surface area contributed by atoms with Crippen LogP contribution in [0.5, 0.6) is 0 Å². The Morgan fingerprint density at radius 2 is 1.88 bits per heavy atom. The normalized spacial score (nSPS) is 14.4. The van der Waals surface area contributed by atoms with E-state index in [0.29, 0.717) is 0 Å². The quantitative estimate of drug-likeness (QED) is 0.650. The predicted molar refractivity (Wildman–Crippen MR) is 106 cm³/mol. The van der Waals surface area contributed by atoms with Gasteiger partial charge in [-0.05, 0) is 24.6 Å². The monoisotopic (exact) mass is 373 g/mol. The first-order chi connectivity index (χ1) is 12.4. The van der Waals surface area contributed by atoms with Crippen molar-refractivity contribution in [2.24, 2.45) is 0 Å². The van der Waals surface area contributed by atoms with E-state index in [9.17, 15) is 0 Å². The van der Waals surface area contributed by atoms with Crippen LogP contribution in [0.15, 0.2) is 42.9 Å². The SMILES string of the molecule is Cl.c1ccc2c(CCNCc3cnc(N4CCOCC4)nc3)c[nH]c2c1. The lowest BCUT2D eigenvalue weighted by atomic mass is 10.1. The van der Waals surface area contributed by atoms with Crippen LogP contribution in [0.2, 0.25) is 0 Å². The second kappa shape index (κ2) is 8.98. The molecule has 0 saturated carbocycles. The summed E-state index contributed by atoms with van der Waals surface area (Å²) in [6, 6.07) is 8.42. The highest BCUT2D eigenvalue weighted by molar-refractivity contribution is 5.85. The van der Waals surface area contributed by atoms with Crippen molar-refractivity contribution in [2.75, 3.05) is 37.7 Å². The van der Waals surface area contributed by atoms with Gasteiger partial charge in [-0.1, -0.05) is 18.2 Å². The molecule has 3 aromatic rings. The van der Waals surface area contributed by atoms with Gasteiger partial charge in [-0.25, -0.2) is 9.97 Å². The minimum absolute atomic E-state index is 0. The second-order valence-electron chi connectivity index (χ2n) is 6.28. The molecule has 0 atom stereocenters. The number of aromatic nitrogens is 3. The van der Waals surface area contributed by atoms with E-state index in [0.717, 1.165) is 57.3 Å². The predicted octanol–water partition coefficient (Wildman–Crippen LogP) is 2.55. The maximum Gasteiger partial charge on any atom is 0.225 e. The van der Waals surface area contributed by atoms with Crippen LogP contribution in [-0.4, -0.2) is 47.8 Å². The molecule has 0 unspecified atom stereocenters. The summed E-state index contributed by atoms with van der Waals surface area (Å²) < 4.78 is 5.36.